The van der Waals surface area contributed by atoms with Crippen LogP contribution in [0.1, 0.15) is 50.0 Å². The van der Waals surface area contributed by atoms with E-state index in [0.717, 1.165) is 53.8 Å². The number of nitrogens with one attached hydrogen (secondary N) is 1. The van der Waals surface area contributed by atoms with E-state index in [-0.39, 0.29) is 17.5 Å². The van der Waals surface area contributed by atoms with E-state index < -0.39 is 0 Å². The van der Waals surface area contributed by atoms with Gasteiger partial charge in [-0.15, -0.1) is 0 Å². The number of ketones is 2. The zero-order chi connectivity index (χ0) is 16.0. The number of carbonyl (C=O) groups is 2. The number of carbonyl (C=O) groups excluding carboxylic acids is 2. The monoisotopic (exact) mass is 327 g/mol. The van der Waals surface area contributed by atoms with Gasteiger partial charge in [-0.05, 0) is 37.3 Å². The molecule has 0 fully saturated rings. The Kier molecular flexibility index (Phi) is 3.61. The molecule has 0 radical (unpaired) electrons. The van der Waals surface area contributed by atoms with Crippen molar-refractivity contribution in [2.24, 2.45) is 0 Å². The summed E-state index contributed by atoms with van der Waals surface area (Å²) in [7, 11) is 0. The Hall–Kier alpha value is -1.87. The number of hydrogen-bond donors (Lipinski definition) is 1. The number of rotatable bonds is 1. The molecule has 118 valence electrons. The molecule has 1 aromatic rings. The lowest BCUT2D eigenvalue weighted by molar-refractivity contribution is -0.116. The smallest absolute Gasteiger partial charge is 0.161 e. The zero-order valence-electron chi connectivity index (χ0n) is 12.8. The predicted octanol–water partition coefficient (Wildman–Crippen LogP) is 4.04. The Morgan fingerprint density at radius 3 is 2.00 bits per heavy atom. The number of halogens is 1. The van der Waals surface area contributed by atoms with Crippen LogP contribution in [0.5, 0.6) is 0 Å². The van der Waals surface area contributed by atoms with Crippen molar-refractivity contribution < 1.29 is 9.59 Å². The first kappa shape index (κ1) is 14.7. The quantitative estimate of drug-likeness (QED) is 0.846. The van der Waals surface area contributed by atoms with Crippen LogP contribution in [-0.2, 0) is 9.59 Å². The molecule has 0 spiro atoms. The van der Waals surface area contributed by atoms with E-state index in [1.807, 2.05) is 24.3 Å². The first-order chi connectivity index (χ1) is 11.2. The van der Waals surface area contributed by atoms with Crippen molar-refractivity contribution in [3.05, 3.63) is 57.4 Å². The second-order valence-corrected chi connectivity index (χ2v) is 6.82. The lowest BCUT2D eigenvalue weighted by Gasteiger charge is -2.37. The topological polar surface area (TPSA) is 46.2 Å². The molecular weight excluding hydrogens is 310 g/mol. The highest BCUT2D eigenvalue weighted by atomic mass is 35.5. The van der Waals surface area contributed by atoms with Gasteiger partial charge in [-0.3, -0.25) is 9.59 Å². The lowest BCUT2D eigenvalue weighted by Crippen LogP contribution is -2.36. The van der Waals surface area contributed by atoms with Gasteiger partial charge in [0.05, 0.1) is 0 Å². The van der Waals surface area contributed by atoms with Crippen LogP contribution in [0.3, 0.4) is 0 Å². The minimum absolute atomic E-state index is 0.147. The minimum Gasteiger partial charge on any atom is -0.362 e. The van der Waals surface area contributed by atoms with E-state index in [0.29, 0.717) is 17.9 Å². The van der Waals surface area contributed by atoms with E-state index in [9.17, 15) is 9.59 Å². The molecule has 0 atom stereocenters. The average molecular weight is 328 g/mol. The summed E-state index contributed by atoms with van der Waals surface area (Å²) < 4.78 is 0. The van der Waals surface area contributed by atoms with Crippen molar-refractivity contribution in [1.82, 2.24) is 5.32 Å². The molecule has 2 aliphatic carbocycles. The molecule has 4 rings (SSSR count). The standard InChI is InChI=1S/C19H18ClNO2/c20-12-6-2-1-5-11(12)17-18-13(7-3-9-15(18)22)21-14-8-4-10-16(23)19(14)17/h1-2,5-6,17,21H,3-4,7-10H2. The molecule has 1 N–H and O–H groups in total. The Morgan fingerprint density at radius 1 is 0.870 bits per heavy atom. The van der Waals surface area contributed by atoms with Crippen molar-refractivity contribution in [1.29, 1.82) is 0 Å². The molecule has 1 aliphatic heterocycles. The van der Waals surface area contributed by atoms with Crippen molar-refractivity contribution in [2.45, 2.75) is 44.4 Å². The van der Waals surface area contributed by atoms with Crippen LogP contribution in [0.25, 0.3) is 0 Å². The summed E-state index contributed by atoms with van der Waals surface area (Å²) in [6.45, 7) is 0. The van der Waals surface area contributed by atoms with Gasteiger partial charge in [0.15, 0.2) is 11.6 Å². The van der Waals surface area contributed by atoms with Gasteiger partial charge in [0.2, 0.25) is 0 Å². The van der Waals surface area contributed by atoms with E-state index in [2.05, 4.69) is 5.32 Å². The van der Waals surface area contributed by atoms with E-state index in [4.69, 9.17) is 11.6 Å². The predicted molar refractivity (Wildman–Crippen MR) is 89.1 cm³/mol. The van der Waals surface area contributed by atoms with Gasteiger partial charge in [0.1, 0.15) is 0 Å². The van der Waals surface area contributed by atoms with Crippen LogP contribution in [0.15, 0.2) is 46.8 Å². The first-order valence-corrected chi connectivity index (χ1v) is 8.58. The highest BCUT2D eigenvalue weighted by Gasteiger charge is 2.40. The van der Waals surface area contributed by atoms with Crippen LogP contribution < -0.4 is 5.32 Å². The van der Waals surface area contributed by atoms with E-state index >= 15 is 0 Å². The minimum atomic E-state index is -0.296. The molecule has 0 aromatic heterocycles. The number of allylic oxidation sites excluding steroid dienone is 4. The molecule has 0 saturated heterocycles. The number of Topliss-reactive ketones (excluding diaryl/α,β-unsaturated/α-hetero) is 2. The molecule has 1 aromatic carbocycles. The number of dihydropyridines is 1. The van der Waals surface area contributed by atoms with Gasteiger partial charge in [-0.1, -0.05) is 29.8 Å². The van der Waals surface area contributed by atoms with Crippen LogP contribution >= 0.6 is 11.6 Å². The number of benzene rings is 1. The molecule has 0 unspecified atom stereocenters. The Morgan fingerprint density at radius 2 is 1.43 bits per heavy atom. The van der Waals surface area contributed by atoms with Gasteiger partial charge >= 0.3 is 0 Å². The fourth-order valence-electron chi connectivity index (χ4n) is 4.00. The fourth-order valence-corrected chi connectivity index (χ4v) is 4.25. The maximum atomic E-state index is 12.6. The average Bonchev–Trinajstić information content (AvgIpc) is 2.54. The van der Waals surface area contributed by atoms with Gasteiger partial charge in [-0.2, -0.15) is 0 Å². The van der Waals surface area contributed by atoms with Crippen molar-refractivity contribution >= 4 is 23.2 Å². The SMILES string of the molecule is O=C1CCCC2=C1C(c1ccccc1Cl)C1=C(CCCC1=O)N2. The van der Waals surface area contributed by atoms with E-state index in [1.165, 1.54) is 0 Å². The first-order valence-electron chi connectivity index (χ1n) is 8.20. The Labute approximate surface area is 140 Å². The molecule has 3 nitrogen and oxygen atoms in total. The summed E-state index contributed by atoms with van der Waals surface area (Å²) in [5, 5.41) is 4.03. The van der Waals surface area contributed by atoms with Crippen molar-refractivity contribution in [2.75, 3.05) is 0 Å². The molecule has 0 saturated carbocycles. The number of hydrogen-bond acceptors (Lipinski definition) is 3. The van der Waals surface area contributed by atoms with Crippen LogP contribution in [0.4, 0.5) is 0 Å². The summed E-state index contributed by atoms with van der Waals surface area (Å²) in [6, 6.07) is 7.57. The lowest BCUT2D eigenvalue weighted by atomic mass is 9.71. The third-order valence-electron chi connectivity index (χ3n) is 5.01. The van der Waals surface area contributed by atoms with Crippen LogP contribution in [0, 0.1) is 0 Å². The molecule has 0 bridgehead atoms. The Bertz CT molecular complexity index is 733. The maximum absolute atomic E-state index is 12.6. The molecular formula is C19H18ClNO2. The fraction of sp³-hybridized carbons (Fsp3) is 0.368. The summed E-state index contributed by atoms with van der Waals surface area (Å²) in [4.78, 5) is 25.3. The largest absolute Gasteiger partial charge is 0.362 e. The summed E-state index contributed by atoms with van der Waals surface area (Å²) >= 11 is 6.43. The Balaban J connectivity index is 1.94. The highest BCUT2D eigenvalue weighted by molar-refractivity contribution is 6.31. The van der Waals surface area contributed by atoms with Crippen molar-refractivity contribution in [3.63, 3.8) is 0 Å². The van der Waals surface area contributed by atoms with Crippen LogP contribution in [-0.4, -0.2) is 11.6 Å². The summed E-state index contributed by atoms with van der Waals surface area (Å²) in [5.41, 5.74) is 4.40. The van der Waals surface area contributed by atoms with Gasteiger partial charge < -0.3 is 5.32 Å². The van der Waals surface area contributed by atoms with Gasteiger partial charge in [0.25, 0.3) is 0 Å². The molecule has 3 aliphatic rings. The molecule has 4 heteroatoms. The normalized spacial score (nSPS) is 22.0. The third kappa shape index (κ3) is 2.34. The second kappa shape index (κ2) is 5.64. The van der Waals surface area contributed by atoms with Crippen LogP contribution in [0.2, 0.25) is 5.02 Å². The molecule has 0 amide bonds. The zero-order valence-corrected chi connectivity index (χ0v) is 13.6. The molecule has 1 heterocycles. The summed E-state index contributed by atoms with van der Waals surface area (Å²) in [6.07, 6.45) is 4.59. The maximum Gasteiger partial charge on any atom is 0.161 e. The van der Waals surface area contributed by atoms with Gasteiger partial charge in [-0.25, -0.2) is 0 Å². The van der Waals surface area contributed by atoms with Gasteiger partial charge in [0, 0.05) is 46.3 Å². The molecule has 23 heavy (non-hydrogen) atoms. The second-order valence-electron chi connectivity index (χ2n) is 6.42. The summed E-state index contributed by atoms with van der Waals surface area (Å²) in [5.74, 6) is -0.00210. The highest BCUT2D eigenvalue weighted by Crippen LogP contribution is 2.46. The van der Waals surface area contributed by atoms with Crippen molar-refractivity contribution in [3.8, 4) is 0 Å². The third-order valence-corrected chi connectivity index (χ3v) is 5.35. The van der Waals surface area contributed by atoms with E-state index in [1.54, 1.807) is 0 Å².